The van der Waals surface area contributed by atoms with Crippen LogP contribution in [0.25, 0.3) is 6.08 Å². The van der Waals surface area contributed by atoms with Gasteiger partial charge < -0.3 is 0 Å². The van der Waals surface area contributed by atoms with E-state index in [1.807, 2.05) is 6.07 Å². The quantitative estimate of drug-likeness (QED) is 0.674. The molecule has 1 aromatic rings. The van der Waals surface area contributed by atoms with Crippen molar-refractivity contribution in [3.05, 3.63) is 40.9 Å². The zero-order valence-corrected chi connectivity index (χ0v) is 8.37. The van der Waals surface area contributed by atoms with Crippen molar-refractivity contribution in [2.45, 2.75) is 12.2 Å². The van der Waals surface area contributed by atoms with Gasteiger partial charge in [-0.3, -0.25) is 0 Å². The second-order valence-electron chi connectivity index (χ2n) is 2.17. The summed E-state index contributed by atoms with van der Waals surface area (Å²) in [7, 11) is 0. The minimum atomic E-state index is 0.690. The molecule has 0 aliphatic rings. The molecule has 0 nitrogen and oxygen atoms in total. The van der Waals surface area contributed by atoms with E-state index in [1.54, 1.807) is 0 Å². The molecule has 0 bridgehead atoms. The maximum absolute atomic E-state index is 2.28. The predicted octanol–water partition coefficient (Wildman–Crippen LogP) is 2.80. The molecule has 11 heavy (non-hydrogen) atoms. The van der Waals surface area contributed by atoms with Crippen LogP contribution in [0.2, 0.25) is 5.32 Å². The van der Waals surface area contributed by atoms with E-state index in [0.29, 0.717) is 15.0 Å². The summed E-state index contributed by atoms with van der Waals surface area (Å²) in [5.74, 6) is 0. The van der Waals surface area contributed by atoms with Gasteiger partial charge in [-0.15, -0.1) is 0 Å². The standard InChI is InChI=1S/C10H12Se/c1-2-11-9-8-10-6-4-3-5-7-10/h3-9H,2H2,1H3/b9-8+. The van der Waals surface area contributed by atoms with E-state index in [1.165, 1.54) is 10.9 Å². The van der Waals surface area contributed by atoms with Crippen molar-refractivity contribution in [2.75, 3.05) is 0 Å². The summed E-state index contributed by atoms with van der Waals surface area (Å²) in [5.41, 5.74) is 1.31. The summed E-state index contributed by atoms with van der Waals surface area (Å²) in [6.45, 7) is 2.22. The van der Waals surface area contributed by atoms with Crippen LogP contribution < -0.4 is 0 Å². The molecule has 0 aliphatic carbocycles. The van der Waals surface area contributed by atoms with Gasteiger partial charge in [-0.2, -0.15) is 0 Å². The fourth-order valence-electron chi connectivity index (χ4n) is 0.787. The van der Waals surface area contributed by atoms with Gasteiger partial charge in [-0.25, -0.2) is 0 Å². The van der Waals surface area contributed by atoms with Crippen LogP contribution in [0, 0.1) is 0 Å². The molecule has 1 aromatic carbocycles. The van der Waals surface area contributed by atoms with E-state index >= 15 is 0 Å². The molecule has 1 heteroatoms. The predicted molar refractivity (Wildman–Crippen MR) is 51.7 cm³/mol. The normalized spacial score (nSPS) is 10.6. The summed E-state index contributed by atoms with van der Waals surface area (Å²) in [6, 6.07) is 10.4. The van der Waals surface area contributed by atoms with Crippen LogP contribution in [0.3, 0.4) is 0 Å². The van der Waals surface area contributed by atoms with Crippen molar-refractivity contribution in [2.24, 2.45) is 0 Å². The fourth-order valence-corrected chi connectivity index (χ4v) is 1.72. The molecule has 0 N–H and O–H groups in total. The Bertz CT molecular complexity index is 214. The van der Waals surface area contributed by atoms with Crippen LogP contribution in [0.4, 0.5) is 0 Å². The first-order chi connectivity index (χ1) is 5.43. The Morgan fingerprint density at radius 1 is 1.27 bits per heavy atom. The molecular formula is C10H12Se. The third kappa shape index (κ3) is 3.41. The van der Waals surface area contributed by atoms with E-state index in [9.17, 15) is 0 Å². The molecule has 0 aromatic heterocycles. The van der Waals surface area contributed by atoms with Gasteiger partial charge in [0.25, 0.3) is 0 Å². The molecule has 0 unspecified atom stereocenters. The second kappa shape index (κ2) is 5.17. The monoisotopic (exact) mass is 212 g/mol. The number of rotatable bonds is 3. The van der Waals surface area contributed by atoms with Gasteiger partial charge in [-0.05, 0) is 0 Å². The molecule has 58 valence electrons. The molecule has 1 rings (SSSR count). The summed E-state index contributed by atoms with van der Waals surface area (Å²) in [5, 5.41) is 1.29. The van der Waals surface area contributed by atoms with Crippen molar-refractivity contribution in [3.63, 3.8) is 0 Å². The van der Waals surface area contributed by atoms with Crippen LogP contribution in [0.15, 0.2) is 35.3 Å². The van der Waals surface area contributed by atoms with Crippen LogP contribution in [-0.4, -0.2) is 15.0 Å². The Morgan fingerprint density at radius 3 is 2.64 bits per heavy atom. The Kier molecular flexibility index (Phi) is 4.03. The fraction of sp³-hybridized carbons (Fsp3) is 0.200. The summed E-state index contributed by atoms with van der Waals surface area (Å²) in [6.07, 6.45) is 2.20. The van der Waals surface area contributed by atoms with E-state index in [2.05, 4.69) is 42.2 Å². The Morgan fingerprint density at radius 2 is 2.00 bits per heavy atom. The van der Waals surface area contributed by atoms with E-state index in [4.69, 9.17) is 0 Å². The van der Waals surface area contributed by atoms with Crippen molar-refractivity contribution < 1.29 is 0 Å². The van der Waals surface area contributed by atoms with Gasteiger partial charge in [0, 0.05) is 0 Å². The maximum atomic E-state index is 2.28. The Labute approximate surface area is 74.5 Å². The third-order valence-corrected chi connectivity index (χ3v) is 2.71. The van der Waals surface area contributed by atoms with Crippen molar-refractivity contribution >= 4 is 21.0 Å². The van der Waals surface area contributed by atoms with Gasteiger partial charge in [0.15, 0.2) is 0 Å². The van der Waals surface area contributed by atoms with Crippen molar-refractivity contribution in [1.82, 2.24) is 0 Å². The molecule has 0 fully saturated rings. The molecule has 0 amide bonds. The zero-order chi connectivity index (χ0) is 7.94. The molecule has 0 atom stereocenters. The third-order valence-electron chi connectivity index (χ3n) is 1.32. The number of hydrogen-bond donors (Lipinski definition) is 0. The van der Waals surface area contributed by atoms with Crippen LogP contribution >= 0.6 is 0 Å². The molecule has 0 saturated heterocycles. The van der Waals surface area contributed by atoms with Gasteiger partial charge in [0.05, 0.1) is 0 Å². The van der Waals surface area contributed by atoms with Gasteiger partial charge in [0.2, 0.25) is 0 Å². The first-order valence-electron chi connectivity index (χ1n) is 3.76. The molecule has 0 radical (unpaired) electrons. The van der Waals surface area contributed by atoms with Crippen molar-refractivity contribution in [1.29, 1.82) is 0 Å². The molecular weight excluding hydrogens is 199 g/mol. The first kappa shape index (κ1) is 8.57. The van der Waals surface area contributed by atoms with E-state index < -0.39 is 0 Å². The minimum absolute atomic E-state index is 0.690. The SMILES string of the molecule is CC[Se]/C=C/c1ccccc1. The molecule has 0 saturated carbocycles. The molecule has 0 spiro atoms. The Hall–Kier alpha value is -0.521. The van der Waals surface area contributed by atoms with E-state index in [0.717, 1.165) is 0 Å². The first-order valence-corrected chi connectivity index (χ1v) is 5.96. The van der Waals surface area contributed by atoms with Crippen LogP contribution in [-0.2, 0) is 0 Å². The average molecular weight is 211 g/mol. The second-order valence-corrected chi connectivity index (χ2v) is 4.65. The summed E-state index contributed by atoms with van der Waals surface area (Å²) >= 11 is 0.690. The van der Waals surface area contributed by atoms with Crippen LogP contribution in [0.1, 0.15) is 12.5 Å². The van der Waals surface area contributed by atoms with Gasteiger partial charge in [0.1, 0.15) is 0 Å². The number of benzene rings is 1. The summed E-state index contributed by atoms with van der Waals surface area (Å²) < 4.78 is 0. The Balaban J connectivity index is 2.50. The average Bonchev–Trinajstić information content (AvgIpc) is 2.07. The van der Waals surface area contributed by atoms with E-state index in [-0.39, 0.29) is 0 Å². The van der Waals surface area contributed by atoms with Gasteiger partial charge >= 0.3 is 74.1 Å². The van der Waals surface area contributed by atoms with Gasteiger partial charge in [-0.1, -0.05) is 0 Å². The van der Waals surface area contributed by atoms with Crippen LogP contribution in [0.5, 0.6) is 0 Å². The summed E-state index contributed by atoms with van der Waals surface area (Å²) in [4.78, 5) is 2.28. The number of hydrogen-bond acceptors (Lipinski definition) is 0. The van der Waals surface area contributed by atoms with Crippen molar-refractivity contribution in [3.8, 4) is 0 Å². The molecule has 0 aliphatic heterocycles. The zero-order valence-electron chi connectivity index (χ0n) is 6.66. The molecule has 0 heterocycles. The topological polar surface area (TPSA) is 0 Å².